The fraction of sp³-hybridized carbons (Fsp3) is 0.545. The first-order valence-electron chi connectivity index (χ1n) is 10.2. The zero-order valence-corrected chi connectivity index (χ0v) is 18.5. The molecule has 2 heterocycles. The largest absolute Gasteiger partial charge is 0.372 e. The highest BCUT2D eigenvalue weighted by molar-refractivity contribution is 7.99. The van der Waals surface area contributed by atoms with Gasteiger partial charge in [-0.1, -0.05) is 25.6 Å². The van der Waals surface area contributed by atoms with Crippen LogP contribution < -0.4 is 10.2 Å². The van der Waals surface area contributed by atoms with Crippen molar-refractivity contribution in [2.75, 3.05) is 29.1 Å². The Morgan fingerprint density at radius 2 is 1.93 bits per heavy atom. The first-order valence-corrected chi connectivity index (χ1v) is 11.2. The Bertz CT molecular complexity index is 837. The van der Waals surface area contributed by atoms with Gasteiger partial charge in [0, 0.05) is 36.7 Å². The topological polar surface area (TPSA) is 50.2 Å². The summed E-state index contributed by atoms with van der Waals surface area (Å²) in [6.45, 7) is 13.8. The lowest BCUT2D eigenvalue weighted by atomic mass is 10.1. The van der Waals surface area contributed by atoms with Gasteiger partial charge in [-0.2, -0.15) is 0 Å². The van der Waals surface area contributed by atoms with Crippen LogP contribution in [0.3, 0.4) is 0 Å². The summed E-state index contributed by atoms with van der Waals surface area (Å²) in [5.74, 6) is 0.912. The lowest BCUT2D eigenvalue weighted by Crippen LogP contribution is -2.19. The van der Waals surface area contributed by atoms with Crippen LogP contribution in [0.5, 0.6) is 0 Å². The van der Waals surface area contributed by atoms with Gasteiger partial charge in [0.25, 0.3) is 0 Å². The maximum absolute atomic E-state index is 12.5. The summed E-state index contributed by atoms with van der Waals surface area (Å²) in [5, 5.41) is 4.00. The maximum atomic E-state index is 12.5. The Morgan fingerprint density at radius 1 is 1.21 bits per heavy atom. The molecule has 1 aromatic carbocycles. The molecule has 0 bridgehead atoms. The monoisotopic (exact) mass is 400 g/mol. The molecule has 0 saturated carbocycles. The van der Waals surface area contributed by atoms with E-state index in [-0.39, 0.29) is 5.91 Å². The van der Waals surface area contributed by atoms with E-state index in [0.717, 1.165) is 41.7 Å². The molecule has 0 aliphatic carbocycles. The molecule has 1 aliphatic heterocycles. The summed E-state index contributed by atoms with van der Waals surface area (Å²) in [6.07, 6.45) is 2.53. The van der Waals surface area contributed by atoms with Gasteiger partial charge in [0.15, 0.2) is 5.16 Å². The number of aromatic nitrogens is 2. The van der Waals surface area contributed by atoms with Gasteiger partial charge in [-0.25, -0.2) is 4.98 Å². The quantitative estimate of drug-likeness (QED) is 0.679. The number of imidazole rings is 1. The third-order valence-corrected chi connectivity index (χ3v) is 6.23. The Hall–Kier alpha value is -1.95. The molecule has 1 aromatic heterocycles. The molecule has 1 saturated heterocycles. The minimum Gasteiger partial charge on any atom is -0.372 e. The first-order chi connectivity index (χ1) is 13.3. The predicted molar refractivity (Wildman–Crippen MR) is 119 cm³/mol. The summed E-state index contributed by atoms with van der Waals surface area (Å²) >= 11 is 1.51. The summed E-state index contributed by atoms with van der Waals surface area (Å²) in [6, 6.07) is 6.32. The van der Waals surface area contributed by atoms with E-state index >= 15 is 0 Å². The zero-order valence-electron chi connectivity index (χ0n) is 17.7. The highest BCUT2D eigenvalue weighted by atomic mass is 32.2. The third-order valence-electron chi connectivity index (χ3n) is 5.26. The van der Waals surface area contributed by atoms with E-state index in [1.807, 2.05) is 13.0 Å². The highest BCUT2D eigenvalue weighted by Gasteiger charge is 2.16. The molecule has 0 unspecified atom stereocenters. The minimum absolute atomic E-state index is 0.0106. The van der Waals surface area contributed by atoms with Gasteiger partial charge in [0.1, 0.15) is 0 Å². The normalized spacial score (nSPS) is 14.1. The number of rotatable bonds is 7. The van der Waals surface area contributed by atoms with Crippen molar-refractivity contribution in [1.82, 2.24) is 9.55 Å². The van der Waals surface area contributed by atoms with Crippen molar-refractivity contribution in [3.63, 3.8) is 0 Å². The molecule has 1 fully saturated rings. The van der Waals surface area contributed by atoms with Crippen LogP contribution in [0, 0.1) is 26.7 Å². The number of nitrogens with zero attached hydrogens (tertiary/aromatic N) is 3. The maximum Gasteiger partial charge on any atom is 0.234 e. The number of benzene rings is 1. The molecular weight excluding hydrogens is 368 g/mol. The molecule has 28 heavy (non-hydrogen) atoms. The number of hydrogen-bond donors (Lipinski definition) is 1. The average molecular weight is 401 g/mol. The number of carbonyl (C=O) groups is 1. The van der Waals surface area contributed by atoms with Crippen molar-refractivity contribution in [3.8, 4) is 0 Å². The molecule has 2 aromatic rings. The van der Waals surface area contributed by atoms with Crippen LogP contribution in [0.1, 0.15) is 43.6 Å². The number of carbonyl (C=O) groups excluding carboxylic acids is 1. The SMILES string of the molecule is Cc1cc(N2CCCC2)ccc1NC(=O)CSc1nc(C)c(C)n1CC(C)C. The number of nitrogens with one attached hydrogen (secondary N) is 1. The minimum atomic E-state index is 0.0106. The van der Waals surface area contributed by atoms with E-state index in [2.05, 4.69) is 59.6 Å². The number of amides is 1. The molecule has 5 nitrogen and oxygen atoms in total. The number of aryl methyl sites for hydroxylation is 2. The Balaban J connectivity index is 1.61. The summed E-state index contributed by atoms with van der Waals surface area (Å²) in [7, 11) is 0. The zero-order chi connectivity index (χ0) is 20.3. The van der Waals surface area contributed by atoms with E-state index in [9.17, 15) is 4.79 Å². The standard InChI is InChI=1S/C22H32N4OS/c1-15(2)13-26-18(5)17(4)23-22(26)28-14-21(27)24-20-9-8-19(12-16(20)3)25-10-6-7-11-25/h8-9,12,15H,6-7,10-11,13-14H2,1-5H3,(H,24,27). The lowest BCUT2D eigenvalue weighted by molar-refractivity contribution is -0.113. The summed E-state index contributed by atoms with van der Waals surface area (Å²) in [5.41, 5.74) is 5.48. The highest BCUT2D eigenvalue weighted by Crippen LogP contribution is 2.26. The van der Waals surface area contributed by atoms with E-state index in [0.29, 0.717) is 11.7 Å². The van der Waals surface area contributed by atoms with E-state index in [1.54, 1.807) is 0 Å². The molecule has 1 aliphatic rings. The van der Waals surface area contributed by atoms with Crippen molar-refractivity contribution in [1.29, 1.82) is 0 Å². The second-order valence-electron chi connectivity index (χ2n) is 8.10. The Morgan fingerprint density at radius 3 is 2.57 bits per heavy atom. The van der Waals surface area contributed by atoms with Crippen LogP contribution in [0.4, 0.5) is 11.4 Å². The van der Waals surface area contributed by atoms with Gasteiger partial charge >= 0.3 is 0 Å². The number of hydrogen-bond acceptors (Lipinski definition) is 4. The number of anilines is 2. The molecule has 1 amide bonds. The Labute approximate surface area is 172 Å². The van der Waals surface area contributed by atoms with Gasteiger partial charge in [-0.05, 0) is 63.3 Å². The van der Waals surface area contributed by atoms with Gasteiger partial charge in [0.05, 0.1) is 11.4 Å². The third kappa shape index (κ3) is 4.90. The van der Waals surface area contributed by atoms with Crippen LogP contribution in [0.25, 0.3) is 0 Å². The second-order valence-corrected chi connectivity index (χ2v) is 9.04. The van der Waals surface area contributed by atoms with Crippen molar-refractivity contribution in [2.24, 2.45) is 5.92 Å². The van der Waals surface area contributed by atoms with Crippen LogP contribution >= 0.6 is 11.8 Å². The van der Waals surface area contributed by atoms with E-state index in [4.69, 9.17) is 0 Å². The van der Waals surface area contributed by atoms with Gasteiger partial charge < -0.3 is 14.8 Å². The van der Waals surface area contributed by atoms with Crippen LogP contribution in [0.15, 0.2) is 23.4 Å². The summed E-state index contributed by atoms with van der Waals surface area (Å²) in [4.78, 5) is 19.6. The van der Waals surface area contributed by atoms with E-state index in [1.165, 1.54) is 36.0 Å². The van der Waals surface area contributed by atoms with Gasteiger partial charge in [-0.3, -0.25) is 4.79 Å². The lowest BCUT2D eigenvalue weighted by Gasteiger charge is -2.19. The molecule has 3 rings (SSSR count). The predicted octanol–water partition coefficient (Wildman–Crippen LogP) is 4.80. The molecule has 1 N–H and O–H groups in total. The second kappa shape index (κ2) is 9.03. The fourth-order valence-corrected chi connectivity index (χ4v) is 4.49. The van der Waals surface area contributed by atoms with Crippen molar-refractivity contribution < 1.29 is 4.79 Å². The van der Waals surface area contributed by atoms with Crippen molar-refractivity contribution >= 4 is 29.0 Å². The van der Waals surface area contributed by atoms with Crippen LogP contribution in [-0.4, -0.2) is 34.3 Å². The molecule has 0 radical (unpaired) electrons. The van der Waals surface area contributed by atoms with Gasteiger partial charge in [0.2, 0.25) is 5.91 Å². The smallest absolute Gasteiger partial charge is 0.234 e. The van der Waals surface area contributed by atoms with Crippen molar-refractivity contribution in [3.05, 3.63) is 35.2 Å². The van der Waals surface area contributed by atoms with Crippen molar-refractivity contribution in [2.45, 2.75) is 59.2 Å². The van der Waals surface area contributed by atoms with Crippen LogP contribution in [0.2, 0.25) is 0 Å². The molecule has 0 spiro atoms. The molecule has 152 valence electrons. The summed E-state index contributed by atoms with van der Waals surface area (Å²) < 4.78 is 2.23. The first kappa shape index (κ1) is 20.8. The fourth-order valence-electron chi connectivity index (χ4n) is 3.59. The molecular formula is C22H32N4OS. The molecule has 6 heteroatoms. The molecule has 0 atom stereocenters. The Kier molecular flexibility index (Phi) is 6.70. The average Bonchev–Trinajstić information content (AvgIpc) is 3.26. The number of thioether (sulfide) groups is 1. The van der Waals surface area contributed by atoms with E-state index < -0.39 is 0 Å². The van der Waals surface area contributed by atoms with Gasteiger partial charge in [-0.15, -0.1) is 0 Å². The van der Waals surface area contributed by atoms with Crippen LogP contribution in [-0.2, 0) is 11.3 Å².